The minimum Gasteiger partial charge on any atom is -0.398 e. The summed E-state index contributed by atoms with van der Waals surface area (Å²) in [7, 11) is 0. The molecule has 0 fully saturated rings. The zero-order chi connectivity index (χ0) is 12.4. The highest BCUT2D eigenvalue weighted by Crippen LogP contribution is 2.32. The molecule has 0 aliphatic carbocycles. The lowest BCUT2D eigenvalue weighted by atomic mass is 10.1. The lowest BCUT2D eigenvalue weighted by Gasteiger charge is -2.02. The molecule has 7 heteroatoms. The fourth-order valence-corrected chi connectivity index (χ4v) is 2.37. The number of nitrogens with zero attached hydrogens (tertiary/aromatic N) is 2. The lowest BCUT2D eigenvalue weighted by molar-refractivity contribution is 1.33. The molecule has 0 atom stereocenters. The number of nitrogen functional groups attached to an aromatic ring is 1. The molecule has 1 heterocycles. The molecule has 0 saturated carbocycles. The van der Waals surface area contributed by atoms with Gasteiger partial charge in [0.1, 0.15) is 0 Å². The first-order chi connectivity index (χ1) is 8.06. The molecule has 5 nitrogen and oxygen atoms in total. The van der Waals surface area contributed by atoms with Gasteiger partial charge in [0.05, 0.1) is 5.69 Å². The summed E-state index contributed by atoms with van der Waals surface area (Å²) in [6.45, 7) is 0. The van der Waals surface area contributed by atoms with Gasteiger partial charge in [-0.3, -0.25) is 0 Å². The maximum atomic E-state index is 5.89. The summed E-state index contributed by atoms with van der Waals surface area (Å²) in [6, 6.07) is 5.60. The van der Waals surface area contributed by atoms with E-state index in [1.54, 1.807) is 0 Å². The smallest absolute Gasteiger partial charge is 0.212 e. The number of thiazole rings is 1. The predicted molar refractivity (Wildman–Crippen MR) is 75.1 cm³/mol. The number of guanidine groups is 1. The number of anilines is 1. The van der Waals surface area contributed by atoms with Gasteiger partial charge in [-0.15, -0.1) is 11.3 Å². The second-order valence-electron chi connectivity index (χ2n) is 3.28. The largest absolute Gasteiger partial charge is 0.398 e. The quantitative estimate of drug-likeness (QED) is 0.448. The Morgan fingerprint density at radius 3 is 2.82 bits per heavy atom. The highest BCUT2D eigenvalue weighted by atomic mass is 79.9. The number of aromatic nitrogens is 1. The molecule has 0 spiro atoms. The van der Waals surface area contributed by atoms with Crippen molar-refractivity contribution in [3.8, 4) is 11.3 Å². The Labute approximate surface area is 110 Å². The number of nitrogens with two attached hydrogens (primary N) is 3. The summed E-state index contributed by atoms with van der Waals surface area (Å²) >= 11 is 4.75. The van der Waals surface area contributed by atoms with Crippen molar-refractivity contribution in [1.82, 2.24) is 4.98 Å². The maximum absolute atomic E-state index is 5.89. The van der Waals surface area contributed by atoms with Crippen LogP contribution in [0.1, 0.15) is 0 Å². The second-order valence-corrected chi connectivity index (χ2v) is 5.04. The van der Waals surface area contributed by atoms with Crippen molar-refractivity contribution in [1.29, 1.82) is 0 Å². The molecule has 6 N–H and O–H groups in total. The molecule has 0 aliphatic rings. The molecule has 17 heavy (non-hydrogen) atoms. The minimum atomic E-state index is -0.00638. The molecule has 0 unspecified atom stereocenters. The second kappa shape index (κ2) is 4.72. The van der Waals surface area contributed by atoms with E-state index >= 15 is 0 Å². The van der Waals surface area contributed by atoms with Gasteiger partial charge in [-0.1, -0.05) is 15.9 Å². The van der Waals surface area contributed by atoms with Crippen molar-refractivity contribution in [2.75, 3.05) is 5.73 Å². The highest BCUT2D eigenvalue weighted by molar-refractivity contribution is 9.10. The number of hydrogen-bond acceptors (Lipinski definition) is 4. The summed E-state index contributed by atoms with van der Waals surface area (Å²) in [6.07, 6.45) is 0. The normalized spacial score (nSPS) is 10.2. The number of aliphatic imine (C=N–C) groups is 1. The zero-order valence-electron chi connectivity index (χ0n) is 8.72. The highest BCUT2D eigenvalue weighted by Gasteiger charge is 2.08. The fraction of sp³-hybridized carbons (Fsp3) is 0. The van der Waals surface area contributed by atoms with Crippen LogP contribution in [0.2, 0.25) is 0 Å². The molecule has 1 aromatic carbocycles. The van der Waals surface area contributed by atoms with Crippen LogP contribution in [-0.2, 0) is 0 Å². The van der Waals surface area contributed by atoms with Crippen molar-refractivity contribution >= 4 is 44.0 Å². The third kappa shape index (κ3) is 2.75. The van der Waals surface area contributed by atoms with Crippen LogP contribution >= 0.6 is 27.3 Å². The molecule has 0 saturated heterocycles. The molecule has 0 bridgehead atoms. The van der Waals surface area contributed by atoms with Gasteiger partial charge in [0.15, 0.2) is 5.96 Å². The third-order valence-corrected chi connectivity index (χ3v) is 3.24. The molecule has 1 aromatic heterocycles. The summed E-state index contributed by atoms with van der Waals surface area (Å²) in [5.74, 6) is -0.00638. The van der Waals surface area contributed by atoms with Crippen LogP contribution in [0, 0.1) is 0 Å². The Hall–Kier alpha value is -1.60. The van der Waals surface area contributed by atoms with Crippen LogP contribution < -0.4 is 17.2 Å². The first-order valence-corrected chi connectivity index (χ1v) is 6.34. The van der Waals surface area contributed by atoms with Crippen molar-refractivity contribution in [2.24, 2.45) is 16.5 Å². The monoisotopic (exact) mass is 311 g/mol. The summed E-state index contributed by atoms with van der Waals surface area (Å²) in [5, 5.41) is 2.37. The van der Waals surface area contributed by atoms with E-state index in [9.17, 15) is 0 Å². The Morgan fingerprint density at radius 1 is 1.35 bits per heavy atom. The molecule has 2 aromatic rings. The standard InChI is InChI=1S/C10H10BrN5S/c11-5-1-2-7(12)6(3-5)8-4-17-10(15-8)16-9(13)14/h1-4H,12H2,(H4,13,14,15,16). The van der Waals surface area contributed by atoms with Crippen LogP contribution in [0.5, 0.6) is 0 Å². The van der Waals surface area contributed by atoms with Gasteiger partial charge in [0.2, 0.25) is 5.13 Å². The molecular weight excluding hydrogens is 302 g/mol. The van der Waals surface area contributed by atoms with Crippen LogP contribution in [0.25, 0.3) is 11.3 Å². The lowest BCUT2D eigenvalue weighted by Crippen LogP contribution is -2.21. The van der Waals surface area contributed by atoms with Crippen LogP contribution in [0.3, 0.4) is 0 Å². The van der Waals surface area contributed by atoms with E-state index in [1.807, 2.05) is 23.6 Å². The first-order valence-electron chi connectivity index (χ1n) is 4.67. The van der Waals surface area contributed by atoms with E-state index in [2.05, 4.69) is 25.9 Å². The van der Waals surface area contributed by atoms with Gasteiger partial charge in [0, 0.05) is 21.1 Å². The zero-order valence-corrected chi connectivity index (χ0v) is 11.1. The number of rotatable bonds is 2. The number of benzene rings is 1. The van der Waals surface area contributed by atoms with Crippen LogP contribution in [-0.4, -0.2) is 10.9 Å². The van der Waals surface area contributed by atoms with E-state index in [0.717, 1.165) is 15.7 Å². The molecule has 88 valence electrons. The van der Waals surface area contributed by atoms with Gasteiger partial charge in [-0.25, -0.2) is 4.98 Å². The number of halogens is 1. The van der Waals surface area contributed by atoms with E-state index < -0.39 is 0 Å². The fourth-order valence-electron chi connectivity index (χ4n) is 1.30. The van der Waals surface area contributed by atoms with Crippen molar-refractivity contribution in [3.05, 3.63) is 28.1 Å². The van der Waals surface area contributed by atoms with Crippen molar-refractivity contribution in [3.63, 3.8) is 0 Å². The van der Waals surface area contributed by atoms with Gasteiger partial charge in [0.25, 0.3) is 0 Å². The Balaban J connectivity index is 2.43. The van der Waals surface area contributed by atoms with Crippen molar-refractivity contribution in [2.45, 2.75) is 0 Å². The van der Waals surface area contributed by atoms with E-state index in [4.69, 9.17) is 17.2 Å². The topological polar surface area (TPSA) is 103 Å². The van der Waals surface area contributed by atoms with Crippen LogP contribution in [0.4, 0.5) is 10.8 Å². The van der Waals surface area contributed by atoms with Gasteiger partial charge in [-0.05, 0) is 18.2 Å². The predicted octanol–water partition coefficient (Wildman–Crippen LogP) is 2.06. The van der Waals surface area contributed by atoms with Crippen molar-refractivity contribution < 1.29 is 0 Å². The molecule has 0 aliphatic heterocycles. The SMILES string of the molecule is NC(N)=Nc1nc(-c2cc(Br)ccc2N)cs1. The Kier molecular flexibility index (Phi) is 3.30. The maximum Gasteiger partial charge on any atom is 0.212 e. The van der Waals surface area contributed by atoms with Gasteiger partial charge < -0.3 is 17.2 Å². The first kappa shape index (κ1) is 11.9. The molecule has 0 radical (unpaired) electrons. The average molecular weight is 312 g/mol. The van der Waals surface area contributed by atoms with Gasteiger partial charge >= 0.3 is 0 Å². The Bertz CT molecular complexity index is 574. The van der Waals surface area contributed by atoms with E-state index in [0.29, 0.717) is 10.8 Å². The van der Waals surface area contributed by atoms with Crippen LogP contribution in [0.15, 0.2) is 33.0 Å². The summed E-state index contributed by atoms with van der Waals surface area (Å²) in [5.41, 5.74) is 18.7. The van der Waals surface area contributed by atoms with E-state index in [1.165, 1.54) is 11.3 Å². The summed E-state index contributed by atoms with van der Waals surface area (Å²) < 4.78 is 0.943. The molecule has 0 amide bonds. The minimum absolute atomic E-state index is 0.00638. The number of hydrogen-bond donors (Lipinski definition) is 3. The van der Waals surface area contributed by atoms with Gasteiger partial charge in [-0.2, -0.15) is 4.99 Å². The summed E-state index contributed by atoms with van der Waals surface area (Å²) in [4.78, 5) is 8.18. The van der Waals surface area contributed by atoms with E-state index in [-0.39, 0.29) is 5.96 Å². The molecule has 2 rings (SSSR count). The third-order valence-electron chi connectivity index (χ3n) is 2.01. The molecular formula is C10H10BrN5S. The average Bonchev–Trinajstić information content (AvgIpc) is 2.69. The Morgan fingerprint density at radius 2 is 2.12 bits per heavy atom.